The minimum absolute atomic E-state index is 0.0937. The number of hydrogen-bond acceptors (Lipinski definition) is 4. The SMILES string of the molecule is O=C(N[C@@H](CNCc1ccccc1)C(=O)O)OCc1ccccc1. The van der Waals surface area contributed by atoms with E-state index in [1.165, 1.54) is 0 Å². The van der Waals surface area contributed by atoms with E-state index in [0.717, 1.165) is 11.1 Å². The van der Waals surface area contributed by atoms with Gasteiger partial charge >= 0.3 is 12.1 Å². The van der Waals surface area contributed by atoms with Crippen LogP contribution in [0.1, 0.15) is 11.1 Å². The third kappa shape index (κ3) is 6.10. The molecular formula is C18H20N2O4. The van der Waals surface area contributed by atoms with Crippen LogP contribution in [0.4, 0.5) is 4.79 Å². The van der Waals surface area contributed by atoms with Gasteiger partial charge in [0.2, 0.25) is 0 Å². The maximum absolute atomic E-state index is 11.7. The molecule has 0 fully saturated rings. The molecule has 0 spiro atoms. The van der Waals surface area contributed by atoms with Crippen molar-refractivity contribution in [2.75, 3.05) is 6.54 Å². The molecule has 3 N–H and O–H groups in total. The van der Waals surface area contributed by atoms with Crippen LogP contribution < -0.4 is 10.6 Å². The predicted molar refractivity (Wildman–Crippen MR) is 89.3 cm³/mol. The number of ether oxygens (including phenoxy) is 1. The van der Waals surface area contributed by atoms with Crippen LogP contribution in [0.25, 0.3) is 0 Å². The van der Waals surface area contributed by atoms with Crippen LogP contribution in [0.15, 0.2) is 60.7 Å². The van der Waals surface area contributed by atoms with Gasteiger partial charge in [-0.1, -0.05) is 60.7 Å². The number of rotatable bonds is 8. The lowest BCUT2D eigenvalue weighted by Crippen LogP contribution is -2.47. The Morgan fingerprint density at radius 1 is 0.958 bits per heavy atom. The summed E-state index contributed by atoms with van der Waals surface area (Å²) in [5.74, 6) is -1.12. The van der Waals surface area contributed by atoms with E-state index in [1.807, 2.05) is 60.7 Å². The fourth-order valence-electron chi connectivity index (χ4n) is 2.06. The van der Waals surface area contributed by atoms with E-state index in [1.54, 1.807) is 0 Å². The van der Waals surface area contributed by atoms with Crippen LogP contribution in [-0.2, 0) is 22.7 Å². The van der Waals surface area contributed by atoms with Gasteiger partial charge in [0.1, 0.15) is 12.6 Å². The smallest absolute Gasteiger partial charge is 0.408 e. The standard InChI is InChI=1S/C18H20N2O4/c21-17(22)16(12-19-11-14-7-3-1-4-8-14)20-18(23)24-13-15-9-5-2-6-10-15/h1-10,16,19H,11-13H2,(H,20,23)(H,21,22)/t16-/m0/s1. The Hall–Kier alpha value is -2.86. The van der Waals surface area contributed by atoms with Crippen LogP contribution in [0.3, 0.4) is 0 Å². The summed E-state index contributed by atoms with van der Waals surface area (Å²) >= 11 is 0. The van der Waals surface area contributed by atoms with Crippen molar-refractivity contribution in [1.29, 1.82) is 0 Å². The highest BCUT2D eigenvalue weighted by atomic mass is 16.5. The molecule has 1 amide bonds. The van der Waals surface area contributed by atoms with Gasteiger partial charge in [0.05, 0.1) is 0 Å². The number of carboxylic acid groups (broad SMARTS) is 1. The molecule has 6 heteroatoms. The molecule has 0 radical (unpaired) electrons. The number of carbonyl (C=O) groups is 2. The molecule has 2 rings (SSSR count). The quantitative estimate of drug-likeness (QED) is 0.691. The van der Waals surface area contributed by atoms with Crippen molar-refractivity contribution in [3.8, 4) is 0 Å². The number of carboxylic acids is 1. The molecule has 0 bridgehead atoms. The first-order valence-electron chi connectivity index (χ1n) is 7.60. The summed E-state index contributed by atoms with van der Waals surface area (Å²) in [7, 11) is 0. The maximum atomic E-state index is 11.7. The van der Waals surface area contributed by atoms with E-state index in [4.69, 9.17) is 4.74 Å². The Balaban J connectivity index is 1.75. The third-order valence-electron chi connectivity index (χ3n) is 3.32. The zero-order valence-corrected chi connectivity index (χ0v) is 13.1. The first-order valence-corrected chi connectivity index (χ1v) is 7.60. The molecule has 126 valence electrons. The van der Waals surface area contributed by atoms with Gasteiger partial charge in [0, 0.05) is 13.1 Å². The molecule has 0 saturated carbocycles. The largest absolute Gasteiger partial charge is 0.480 e. The third-order valence-corrected chi connectivity index (χ3v) is 3.32. The Morgan fingerprint density at radius 2 is 1.54 bits per heavy atom. The molecule has 0 aliphatic rings. The molecule has 1 atom stereocenters. The van der Waals surface area contributed by atoms with Gasteiger partial charge in [-0.15, -0.1) is 0 Å². The fraction of sp³-hybridized carbons (Fsp3) is 0.222. The van der Waals surface area contributed by atoms with Gasteiger partial charge in [-0.25, -0.2) is 9.59 Å². The second-order valence-corrected chi connectivity index (χ2v) is 5.21. The van der Waals surface area contributed by atoms with Crippen molar-refractivity contribution in [2.24, 2.45) is 0 Å². The van der Waals surface area contributed by atoms with Crippen LogP contribution in [0, 0.1) is 0 Å². The van der Waals surface area contributed by atoms with Crippen molar-refractivity contribution in [2.45, 2.75) is 19.2 Å². The lowest BCUT2D eigenvalue weighted by Gasteiger charge is -2.15. The van der Waals surface area contributed by atoms with Crippen molar-refractivity contribution >= 4 is 12.1 Å². The van der Waals surface area contributed by atoms with Crippen molar-refractivity contribution in [3.63, 3.8) is 0 Å². The van der Waals surface area contributed by atoms with Crippen LogP contribution in [0.2, 0.25) is 0 Å². The monoisotopic (exact) mass is 328 g/mol. The molecule has 0 aliphatic carbocycles. The Kier molecular flexibility index (Phi) is 6.79. The van der Waals surface area contributed by atoms with Crippen LogP contribution in [0.5, 0.6) is 0 Å². The molecule has 24 heavy (non-hydrogen) atoms. The van der Waals surface area contributed by atoms with E-state index in [2.05, 4.69) is 10.6 Å². The van der Waals surface area contributed by atoms with Crippen LogP contribution in [-0.4, -0.2) is 29.8 Å². The highest BCUT2D eigenvalue weighted by Crippen LogP contribution is 2.01. The zero-order valence-electron chi connectivity index (χ0n) is 13.1. The van der Waals surface area contributed by atoms with E-state index in [0.29, 0.717) is 6.54 Å². The molecule has 0 aromatic heterocycles. The summed E-state index contributed by atoms with van der Waals surface area (Å²) in [5, 5.41) is 14.6. The molecule has 0 saturated heterocycles. The number of benzene rings is 2. The first-order chi connectivity index (χ1) is 11.6. The number of nitrogens with one attached hydrogen (secondary N) is 2. The second-order valence-electron chi connectivity index (χ2n) is 5.21. The summed E-state index contributed by atoms with van der Waals surface area (Å²) < 4.78 is 5.03. The Bertz CT molecular complexity index is 647. The summed E-state index contributed by atoms with van der Waals surface area (Å²) in [5.41, 5.74) is 1.87. The normalized spacial score (nSPS) is 11.5. The number of aliphatic carboxylic acids is 1. The van der Waals surface area contributed by atoms with Gasteiger partial charge < -0.3 is 20.5 Å². The van der Waals surface area contributed by atoms with Gasteiger partial charge in [-0.2, -0.15) is 0 Å². The van der Waals surface area contributed by atoms with Crippen molar-refractivity contribution in [1.82, 2.24) is 10.6 Å². The fourth-order valence-corrected chi connectivity index (χ4v) is 2.06. The molecule has 6 nitrogen and oxygen atoms in total. The minimum Gasteiger partial charge on any atom is -0.480 e. The number of amides is 1. The minimum atomic E-state index is -1.12. The highest BCUT2D eigenvalue weighted by molar-refractivity contribution is 5.80. The van der Waals surface area contributed by atoms with Crippen molar-refractivity contribution < 1.29 is 19.4 Å². The predicted octanol–water partition coefficient (Wildman–Crippen LogP) is 2.16. The summed E-state index contributed by atoms with van der Waals surface area (Å²) in [4.78, 5) is 23.0. The average Bonchev–Trinajstić information content (AvgIpc) is 2.61. The Labute approximate surface area is 140 Å². The van der Waals surface area contributed by atoms with Gasteiger partial charge in [-0.3, -0.25) is 0 Å². The summed E-state index contributed by atoms with van der Waals surface area (Å²) in [6.45, 7) is 0.715. The van der Waals surface area contributed by atoms with E-state index in [9.17, 15) is 14.7 Å². The Morgan fingerprint density at radius 3 is 2.12 bits per heavy atom. The van der Waals surface area contributed by atoms with Gasteiger partial charge in [0.15, 0.2) is 0 Å². The topological polar surface area (TPSA) is 87.7 Å². The second kappa shape index (κ2) is 9.32. The summed E-state index contributed by atoms with van der Waals surface area (Å²) in [6, 6.07) is 17.7. The zero-order chi connectivity index (χ0) is 17.2. The van der Waals surface area contributed by atoms with Gasteiger partial charge in [-0.05, 0) is 11.1 Å². The van der Waals surface area contributed by atoms with Gasteiger partial charge in [0.25, 0.3) is 0 Å². The van der Waals surface area contributed by atoms with E-state index in [-0.39, 0.29) is 13.2 Å². The van der Waals surface area contributed by atoms with E-state index >= 15 is 0 Å². The van der Waals surface area contributed by atoms with Crippen LogP contribution >= 0.6 is 0 Å². The van der Waals surface area contributed by atoms with Crippen molar-refractivity contribution in [3.05, 3.63) is 71.8 Å². The first kappa shape index (κ1) is 17.5. The molecule has 0 unspecified atom stereocenters. The summed E-state index contributed by atoms with van der Waals surface area (Å²) in [6.07, 6.45) is -0.757. The average molecular weight is 328 g/mol. The molecular weight excluding hydrogens is 308 g/mol. The maximum Gasteiger partial charge on any atom is 0.408 e. The number of hydrogen-bond donors (Lipinski definition) is 3. The molecule has 0 heterocycles. The molecule has 2 aromatic rings. The lowest BCUT2D eigenvalue weighted by atomic mass is 10.2. The molecule has 0 aliphatic heterocycles. The number of carbonyl (C=O) groups excluding carboxylic acids is 1. The molecule has 2 aromatic carbocycles. The van der Waals surface area contributed by atoms with E-state index < -0.39 is 18.1 Å². The highest BCUT2D eigenvalue weighted by Gasteiger charge is 2.20. The number of alkyl carbamates (subject to hydrolysis) is 1. The lowest BCUT2D eigenvalue weighted by molar-refractivity contribution is -0.139.